The number of carbonyl (C=O) groups excluding carboxylic acids is 2. The molecule has 0 bridgehead atoms. The van der Waals surface area contributed by atoms with Gasteiger partial charge in [0.2, 0.25) is 0 Å². The molecule has 0 saturated carbocycles. The highest BCUT2D eigenvalue weighted by molar-refractivity contribution is 6.91. The van der Waals surface area contributed by atoms with Crippen molar-refractivity contribution in [2.24, 2.45) is 0 Å². The summed E-state index contributed by atoms with van der Waals surface area (Å²) in [7, 11) is -13.4. The van der Waals surface area contributed by atoms with Gasteiger partial charge in [-0.2, -0.15) is 13.2 Å². The van der Waals surface area contributed by atoms with E-state index in [9.17, 15) is 22.8 Å². The summed E-state index contributed by atoms with van der Waals surface area (Å²) in [6, 6.07) is 16.8. The van der Waals surface area contributed by atoms with E-state index in [1.165, 1.54) is 0 Å². The van der Waals surface area contributed by atoms with E-state index in [2.05, 4.69) is 26.3 Å². The second kappa shape index (κ2) is 22.8. The Labute approximate surface area is 343 Å². The van der Waals surface area contributed by atoms with E-state index in [0.29, 0.717) is 44.4 Å². The Morgan fingerprint density at radius 1 is 0.649 bits per heavy atom. The van der Waals surface area contributed by atoms with E-state index in [4.69, 9.17) is 35.4 Å². The molecule has 0 spiro atoms. The van der Waals surface area contributed by atoms with Gasteiger partial charge < -0.3 is 35.4 Å². The standard InChI is InChI=1S/C39H63F3O10Si5/c1-12-37(43)47-29-33-17-14-19-35(27-33)31-53(4,5)49-56(10,25-16-22-46-24-23-45-3)51-55(8,9)52-57(11,26-21-39(40,41)42)50-54(6,7)32-36-20-15-18-34(28-36)30-48-38(44)13-2/h12-15,17-20,27-28H,1-2,16,21-26,29-32H2,3-11H3. The SMILES string of the molecule is C=CC(=O)OCc1cccc(C[Si](C)(C)O[Si](C)(CCCOCCOC)O[Si](C)(C)O[Si](C)(CCC(F)(F)F)O[Si](C)(C)Cc2cccc(COC(=O)C=C)c2)c1. The Morgan fingerprint density at radius 3 is 1.51 bits per heavy atom. The third-order valence-electron chi connectivity index (χ3n) is 8.46. The largest absolute Gasteiger partial charge is 0.458 e. The lowest BCUT2D eigenvalue weighted by molar-refractivity contribution is -0.139. The number of methoxy groups -OCH3 is 1. The van der Waals surface area contributed by atoms with E-state index in [-0.39, 0.29) is 19.3 Å². The molecule has 0 aliphatic heterocycles. The number of benzene rings is 2. The van der Waals surface area contributed by atoms with Gasteiger partial charge in [0.05, 0.1) is 13.2 Å². The smallest absolute Gasteiger partial charge is 0.389 e. The average Bonchev–Trinajstić information content (AvgIpc) is 3.08. The summed E-state index contributed by atoms with van der Waals surface area (Å²) < 4.78 is 90.5. The minimum absolute atomic E-state index is 0.0725. The molecule has 0 aromatic heterocycles. The molecule has 0 heterocycles. The van der Waals surface area contributed by atoms with Crippen molar-refractivity contribution in [3.63, 3.8) is 0 Å². The molecule has 0 N–H and O–H groups in total. The first kappa shape index (κ1) is 50.6. The maximum atomic E-state index is 13.8. The molecule has 0 aliphatic carbocycles. The Kier molecular flexibility index (Phi) is 20.2. The van der Waals surface area contributed by atoms with Crippen molar-refractivity contribution in [3.8, 4) is 0 Å². The van der Waals surface area contributed by atoms with Gasteiger partial charge in [-0.05, 0) is 105 Å². The molecule has 2 unspecified atom stereocenters. The number of esters is 2. The fraction of sp³-hybridized carbons (Fsp3) is 0.538. The molecule has 2 atom stereocenters. The van der Waals surface area contributed by atoms with Crippen LogP contribution in [0.5, 0.6) is 0 Å². The van der Waals surface area contributed by atoms with Crippen LogP contribution in [0.2, 0.25) is 64.5 Å². The van der Waals surface area contributed by atoms with E-state index < -0.39 is 66.9 Å². The third kappa shape index (κ3) is 21.4. The van der Waals surface area contributed by atoms with Crippen molar-refractivity contribution < 1.29 is 58.2 Å². The maximum Gasteiger partial charge on any atom is 0.389 e. The average molecular weight is 889 g/mol. The molecule has 2 aromatic rings. The number of hydrogen-bond donors (Lipinski definition) is 0. The maximum absolute atomic E-state index is 13.8. The monoisotopic (exact) mass is 888 g/mol. The molecule has 0 aliphatic rings. The van der Waals surface area contributed by atoms with Crippen LogP contribution in [0.4, 0.5) is 13.2 Å². The van der Waals surface area contributed by atoms with Crippen LogP contribution in [0.1, 0.15) is 35.1 Å². The first-order valence-corrected chi connectivity index (χ1v) is 33.2. The van der Waals surface area contributed by atoms with Gasteiger partial charge in [-0.25, -0.2) is 9.59 Å². The highest BCUT2D eigenvalue weighted by Gasteiger charge is 2.50. The predicted molar refractivity (Wildman–Crippen MR) is 228 cm³/mol. The molecule has 2 aromatic carbocycles. The number of halogens is 3. The Balaban J connectivity index is 2.36. The second-order valence-corrected chi connectivity index (χ2v) is 35.4. The zero-order valence-corrected chi connectivity index (χ0v) is 40.2. The van der Waals surface area contributed by atoms with Gasteiger partial charge in [0.1, 0.15) is 13.2 Å². The molecule has 0 radical (unpaired) electrons. The van der Waals surface area contributed by atoms with Crippen molar-refractivity contribution in [3.05, 3.63) is 96.1 Å². The van der Waals surface area contributed by atoms with Crippen LogP contribution in [-0.2, 0) is 70.3 Å². The lowest BCUT2D eigenvalue weighted by Gasteiger charge is -2.44. The molecule has 18 heteroatoms. The fourth-order valence-corrected chi connectivity index (χ4v) is 32.2. The van der Waals surface area contributed by atoms with Gasteiger partial charge in [-0.1, -0.05) is 61.7 Å². The summed E-state index contributed by atoms with van der Waals surface area (Å²) in [5, 5.41) is 0. The van der Waals surface area contributed by atoms with E-state index >= 15 is 0 Å². The lowest BCUT2D eigenvalue weighted by atomic mass is 10.1. The molecular formula is C39H63F3O10Si5. The third-order valence-corrected chi connectivity index (χ3v) is 28.7. The van der Waals surface area contributed by atoms with E-state index in [0.717, 1.165) is 34.4 Å². The molecule has 0 fully saturated rings. The van der Waals surface area contributed by atoms with Crippen LogP contribution in [0.25, 0.3) is 0 Å². The second-order valence-electron chi connectivity index (χ2n) is 16.0. The molecule has 320 valence electrons. The van der Waals surface area contributed by atoms with Gasteiger partial charge in [0.15, 0.2) is 16.6 Å². The van der Waals surface area contributed by atoms with E-state index in [1.54, 1.807) is 13.7 Å². The predicted octanol–water partition coefficient (Wildman–Crippen LogP) is 9.34. The number of alkyl halides is 3. The Bertz CT molecular complexity index is 1610. The van der Waals surface area contributed by atoms with Gasteiger partial charge in [0.25, 0.3) is 0 Å². The Morgan fingerprint density at radius 2 is 1.09 bits per heavy atom. The first-order chi connectivity index (χ1) is 26.4. The van der Waals surface area contributed by atoms with Crippen LogP contribution in [-0.4, -0.2) is 87.4 Å². The summed E-state index contributed by atoms with van der Waals surface area (Å²) >= 11 is 0. The summed E-state index contributed by atoms with van der Waals surface area (Å²) in [4.78, 5) is 23.3. The molecular weight excluding hydrogens is 826 g/mol. The number of rotatable bonds is 27. The highest BCUT2D eigenvalue weighted by atomic mass is 28.5. The first-order valence-electron chi connectivity index (χ1n) is 19.1. The van der Waals surface area contributed by atoms with Crippen molar-refractivity contribution in [1.82, 2.24) is 0 Å². The van der Waals surface area contributed by atoms with Gasteiger partial charge in [-0.15, -0.1) is 0 Å². The topological polar surface area (TPSA) is 108 Å². The zero-order valence-electron chi connectivity index (χ0n) is 35.2. The van der Waals surface area contributed by atoms with Crippen LogP contribution in [0, 0.1) is 0 Å². The normalized spacial score (nSPS) is 14.7. The minimum Gasteiger partial charge on any atom is -0.458 e. The molecule has 0 saturated heterocycles. The fourth-order valence-electron chi connectivity index (χ4n) is 6.72. The van der Waals surface area contributed by atoms with Crippen molar-refractivity contribution in [1.29, 1.82) is 0 Å². The minimum atomic E-state index is -4.40. The molecule has 10 nitrogen and oxygen atoms in total. The van der Waals surface area contributed by atoms with Gasteiger partial charge in [-0.3, -0.25) is 0 Å². The number of ether oxygens (including phenoxy) is 4. The summed E-state index contributed by atoms with van der Waals surface area (Å²) in [6.45, 7) is 24.1. The summed E-state index contributed by atoms with van der Waals surface area (Å²) in [5.41, 5.74) is 3.58. The van der Waals surface area contributed by atoms with Crippen molar-refractivity contribution in [2.75, 3.05) is 26.9 Å². The molecule has 57 heavy (non-hydrogen) atoms. The van der Waals surface area contributed by atoms with Crippen LogP contribution >= 0.6 is 0 Å². The molecule has 0 amide bonds. The van der Waals surface area contributed by atoms with Crippen molar-refractivity contribution >= 4 is 54.3 Å². The van der Waals surface area contributed by atoms with E-state index in [1.807, 2.05) is 81.3 Å². The number of hydrogen-bond acceptors (Lipinski definition) is 10. The summed E-state index contributed by atoms with van der Waals surface area (Å²) in [6.07, 6.45) is -2.56. The van der Waals surface area contributed by atoms with Gasteiger partial charge in [0, 0.05) is 32.3 Å². The number of carbonyl (C=O) groups is 2. The highest BCUT2D eigenvalue weighted by Crippen LogP contribution is 2.35. The van der Waals surface area contributed by atoms with Crippen LogP contribution in [0.3, 0.4) is 0 Å². The van der Waals surface area contributed by atoms with Crippen LogP contribution in [0.15, 0.2) is 73.8 Å². The summed E-state index contributed by atoms with van der Waals surface area (Å²) in [5.74, 6) is -1.03. The van der Waals surface area contributed by atoms with Gasteiger partial charge >= 0.3 is 43.8 Å². The zero-order chi connectivity index (χ0) is 43.0. The Hall–Kier alpha value is -2.51. The van der Waals surface area contributed by atoms with Crippen molar-refractivity contribution in [2.45, 2.75) is 109 Å². The quantitative estimate of drug-likeness (QED) is 0.0373. The van der Waals surface area contributed by atoms with Crippen LogP contribution < -0.4 is 0 Å². The lowest BCUT2D eigenvalue weighted by Crippen LogP contribution is -2.61. The molecule has 2 rings (SSSR count).